The summed E-state index contributed by atoms with van der Waals surface area (Å²) in [5.41, 5.74) is 3.63. The van der Waals surface area contributed by atoms with Crippen LogP contribution >= 0.6 is 22.9 Å². The minimum Gasteiger partial charge on any atom is -0.326 e. The number of nitrogens with one attached hydrogen (secondary N) is 1. The molecule has 0 saturated heterocycles. The fraction of sp³-hybridized carbons (Fsp3) is 0.167. The third-order valence-corrected chi connectivity index (χ3v) is 4.68. The molecule has 1 amide bonds. The van der Waals surface area contributed by atoms with Crippen LogP contribution < -0.4 is 5.32 Å². The Hall–Kier alpha value is -2.24. The summed E-state index contributed by atoms with van der Waals surface area (Å²) in [5, 5.41) is 6.51. The summed E-state index contributed by atoms with van der Waals surface area (Å²) in [4.78, 5) is 20.8. The van der Waals surface area contributed by atoms with Crippen LogP contribution in [0.1, 0.15) is 17.0 Å². The maximum absolute atomic E-state index is 12.1. The lowest BCUT2D eigenvalue weighted by molar-refractivity contribution is -0.116. The Bertz CT molecular complexity index is 848. The zero-order valence-electron chi connectivity index (χ0n) is 13.1. The topological polar surface area (TPSA) is 54.9 Å². The van der Waals surface area contributed by atoms with Crippen LogP contribution in [0.3, 0.4) is 0 Å². The van der Waals surface area contributed by atoms with Gasteiger partial charge in [-0.15, -0.1) is 11.3 Å². The summed E-state index contributed by atoms with van der Waals surface area (Å²) >= 11 is 7.48. The average Bonchev–Trinajstić information content (AvgIpc) is 3.05. The van der Waals surface area contributed by atoms with Gasteiger partial charge in [-0.3, -0.25) is 9.78 Å². The van der Waals surface area contributed by atoms with Crippen molar-refractivity contribution >= 4 is 34.5 Å². The summed E-state index contributed by atoms with van der Waals surface area (Å²) in [5.74, 6) is -0.0291. The number of halogens is 1. The molecule has 1 N–H and O–H groups in total. The fourth-order valence-electron chi connectivity index (χ4n) is 2.27. The molecule has 0 spiro atoms. The summed E-state index contributed by atoms with van der Waals surface area (Å²) < 4.78 is 0. The van der Waals surface area contributed by atoms with E-state index >= 15 is 0 Å². The van der Waals surface area contributed by atoms with Gasteiger partial charge in [0.2, 0.25) is 5.91 Å². The highest BCUT2D eigenvalue weighted by molar-refractivity contribution is 7.09. The van der Waals surface area contributed by atoms with Crippen molar-refractivity contribution in [2.24, 2.45) is 0 Å². The van der Waals surface area contributed by atoms with Crippen LogP contribution in [0.4, 0.5) is 5.69 Å². The van der Waals surface area contributed by atoms with E-state index in [9.17, 15) is 4.79 Å². The van der Waals surface area contributed by atoms with Crippen LogP contribution in [0.25, 0.3) is 11.3 Å². The van der Waals surface area contributed by atoms with E-state index in [0.29, 0.717) is 17.9 Å². The van der Waals surface area contributed by atoms with Crippen molar-refractivity contribution in [1.29, 1.82) is 0 Å². The number of benzene rings is 1. The minimum absolute atomic E-state index is 0.0291. The Labute approximate surface area is 149 Å². The lowest BCUT2D eigenvalue weighted by atomic mass is 10.2. The number of thiazole rings is 1. The molecule has 0 bridgehead atoms. The summed E-state index contributed by atoms with van der Waals surface area (Å²) in [6.07, 6.45) is 4.53. The fourth-order valence-corrected chi connectivity index (χ4v) is 3.31. The quantitative estimate of drug-likeness (QED) is 0.717. The van der Waals surface area contributed by atoms with Gasteiger partial charge in [0.05, 0.1) is 10.7 Å². The standard InChI is InChI=1S/C18H16ClN3OS/c1-12-9-14(19)4-5-15(12)21-17(23)6-7-18-22-16(11-24-18)13-3-2-8-20-10-13/h2-5,8-11H,6-7H2,1H3,(H,21,23). The number of carbonyl (C=O) groups excluding carboxylic acids is 1. The van der Waals surface area contributed by atoms with Crippen LogP contribution in [0.5, 0.6) is 0 Å². The molecule has 122 valence electrons. The molecule has 2 heterocycles. The largest absolute Gasteiger partial charge is 0.326 e. The van der Waals surface area contributed by atoms with Crippen molar-refractivity contribution < 1.29 is 4.79 Å². The van der Waals surface area contributed by atoms with Gasteiger partial charge < -0.3 is 5.32 Å². The molecule has 4 nitrogen and oxygen atoms in total. The smallest absolute Gasteiger partial charge is 0.224 e. The predicted octanol–water partition coefficient (Wildman–Crippen LogP) is 4.74. The highest BCUT2D eigenvalue weighted by Crippen LogP contribution is 2.22. The van der Waals surface area contributed by atoms with E-state index in [1.165, 1.54) is 0 Å². The lowest BCUT2D eigenvalue weighted by Gasteiger charge is -2.08. The van der Waals surface area contributed by atoms with E-state index in [1.54, 1.807) is 29.8 Å². The van der Waals surface area contributed by atoms with Crippen LogP contribution in [0, 0.1) is 6.92 Å². The Kier molecular flexibility index (Phi) is 5.23. The first-order valence-electron chi connectivity index (χ1n) is 7.52. The van der Waals surface area contributed by atoms with Crippen LogP contribution in [-0.4, -0.2) is 15.9 Å². The first-order chi connectivity index (χ1) is 11.6. The Morgan fingerprint density at radius 3 is 2.96 bits per heavy atom. The van der Waals surface area contributed by atoms with Crippen LogP contribution in [0.2, 0.25) is 5.02 Å². The third kappa shape index (κ3) is 4.19. The summed E-state index contributed by atoms with van der Waals surface area (Å²) in [7, 11) is 0. The number of nitrogens with zero attached hydrogens (tertiary/aromatic N) is 2. The molecule has 2 aromatic heterocycles. The van der Waals surface area contributed by atoms with E-state index in [2.05, 4.69) is 15.3 Å². The van der Waals surface area contributed by atoms with Gasteiger partial charge in [0.15, 0.2) is 0 Å². The van der Waals surface area contributed by atoms with Crippen molar-refractivity contribution in [3.63, 3.8) is 0 Å². The second-order valence-electron chi connectivity index (χ2n) is 5.38. The van der Waals surface area contributed by atoms with E-state index in [1.807, 2.05) is 36.6 Å². The number of carbonyl (C=O) groups is 1. The number of hydrogen-bond acceptors (Lipinski definition) is 4. The second kappa shape index (κ2) is 7.55. The number of pyridine rings is 1. The molecular formula is C18H16ClN3OS. The zero-order valence-corrected chi connectivity index (χ0v) is 14.7. The predicted molar refractivity (Wildman–Crippen MR) is 98.5 cm³/mol. The van der Waals surface area contributed by atoms with Gasteiger partial charge in [-0.1, -0.05) is 11.6 Å². The molecule has 0 aliphatic rings. The maximum atomic E-state index is 12.1. The van der Waals surface area contributed by atoms with Crippen LogP contribution in [0.15, 0.2) is 48.1 Å². The monoisotopic (exact) mass is 357 g/mol. The van der Waals surface area contributed by atoms with Gasteiger partial charge >= 0.3 is 0 Å². The lowest BCUT2D eigenvalue weighted by Crippen LogP contribution is -2.13. The number of aryl methyl sites for hydroxylation is 2. The van der Waals surface area contributed by atoms with Gasteiger partial charge in [0, 0.05) is 46.9 Å². The number of amides is 1. The van der Waals surface area contributed by atoms with Gasteiger partial charge in [-0.25, -0.2) is 4.98 Å². The van der Waals surface area contributed by atoms with Gasteiger partial charge in [0.1, 0.15) is 0 Å². The molecule has 1 aromatic carbocycles. The highest BCUT2D eigenvalue weighted by atomic mass is 35.5. The van der Waals surface area contributed by atoms with Gasteiger partial charge in [-0.2, -0.15) is 0 Å². The Morgan fingerprint density at radius 2 is 2.21 bits per heavy atom. The first-order valence-corrected chi connectivity index (χ1v) is 8.78. The molecule has 0 unspecified atom stereocenters. The Morgan fingerprint density at radius 1 is 1.33 bits per heavy atom. The van der Waals surface area contributed by atoms with Crippen molar-refractivity contribution in [3.05, 3.63) is 63.7 Å². The molecule has 3 aromatic rings. The van der Waals surface area contributed by atoms with E-state index in [-0.39, 0.29) is 5.91 Å². The molecule has 0 radical (unpaired) electrons. The zero-order chi connectivity index (χ0) is 16.9. The number of rotatable bonds is 5. The average molecular weight is 358 g/mol. The molecule has 0 atom stereocenters. The molecule has 0 aliphatic carbocycles. The van der Waals surface area contributed by atoms with E-state index in [0.717, 1.165) is 27.5 Å². The Balaban J connectivity index is 1.58. The number of aromatic nitrogens is 2. The number of hydrogen-bond donors (Lipinski definition) is 1. The first kappa shape index (κ1) is 16.6. The van der Waals surface area contributed by atoms with E-state index in [4.69, 9.17) is 11.6 Å². The van der Waals surface area contributed by atoms with Crippen LogP contribution in [-0.2, 0) is 11.2 Å². The van der Waals surface area contributed by atoms with Gasteiger partial charge in [0.25, 0.3) is 0 Å². The van der Waals surface area contributed by atoms with Crippen molar-refractivity contribution in [2.45, 2.75) is 19.8 Å². The molecule has 6 heteroatoms. The van der Waals surface area contributed by atoms with Crippen molar-refractivity contribution in [1.82, 2.24) is 9.97 Å². The number of anilines is 1. The van der Waals surface area contributed by atoms with Gasteiger partial charge in [-0.05, 0) is 42.8 Å². The molecular weight excluding hydrogens is 342 g/mol. The second-order valence-corrected chi connectivity index (χ2v) is 6.75. The molecule has 0 fully saturated rings. The van der Waals surface area contributed by atoms with Crippen molar-refractivity contribution in [3.8, 4) is 11.3 Å². The third-order valence-electron chi connectivity index (χ3n) is 3.54. The molecule has 3 rings (SSSR count). The molecule has 24 heavy (non-hydrogen) atoms. The highest BCUT2D eigenvalue weighted by Gasteiger charge is 2.09. The maximum Gasteiger partial charge on any atom is 0.224 e. The molecule has 0 saturated carbocycles. The normalized spacial score (nSPS) is 10.6. The SMILES string of the molecule is Cc1cc(Cl)ccc1NC(=O)CCc1nc(-c2cccnc2)cs1. The summed E-state index contributed by atoms with van der Waals surface area (Å²) in [6, 6.07) is 9.28. The minimum atomic E-state index is -0.0291. The summed E-state index contributed by atoms with van der Waals surface area (Å²) in [6.45, 7) is 1.92. The molecule has 0 aliphatic heterocycles. The van der Waals surface area contributed by atoms with E-state index < -0.39 is 0 Å². The van der Waals surface area contributed by atoms with Crippen molar-refractivity contribution in [2.75, 3.05) is 5.32 Å².